The first-order valence-corrected chi connectivity index (χ1v) is 6.45. The topological polar surface area (TPSA) is 33.5 Å². The number of quaternary nitrogens is 1. The van der Waals surface area contributed by atoms with E-state index in [2.05, 4.69) is 12.2 Å². The van der Waals surface area contributed by atoms with Crippen molar-refractivity contribution in [1.82, 2.24) is 0 Å². The summed E-state index contributed by atoms with van der Waals surface area (Å²) in [7, 11) is 0. The maximum Gasteiger partial charge on any atom is 0.279 e. The molecule has 1 fully saturated rings. The van der Waals surface area contributed by atoms with Gasteiger partial charge in [0.1, 0.15) is 0 Å². The van der Waals surface area contributed by atoms with Gasteiger partial charge in [0.15, 0.2) is 6.54 Å². The highest BCUT2D eigenvalue weighted by Gasteiger charge is 2.23. The Kier molecular flexibility index (Phi) is 4.15. The van der Waals surface area contributed by atoms with Gasteiger partial charge in [0.05, 0.1) is 12.6 Å². The van der Waals surface area contributed by atoms with E-state index >= 15 is 0 Å². The Balaban J connectivity index is 1.84. The molecule has 0 spiro atoms. The van der Waals surface area contributed by atoms with Crippen molar-refractivity contribution in [2.24, 2.45) is 0 Å². The first kappa shape index (κ1) is 12.1. The Morgan fingerprint density at radius 1 is 1.35 bits per heavy atom. The van der Waals surface area contributed by atoms with Gasteiger partial charge in [-0.05, 0) is 38.3 Å². The van der Waals surface area contributed by atoms with Crippen LogP contribution in [-0.2, 0) is 4.79 Å². The molecule has 1 saturated heterocycles. The number of anilines is 1. The number of amides is 1. The SMILES string of the molecule is C[C@@H]1CCCC[NH+]1CC(=O)Nc1ccccc1. The van der Waals surface area contributed by atoms with Crippen LogP contribution in [0.4, 0.5) is 5.69 Å². The van der Waals surface area contributed by atoms with Crippen molar-refractivity contribution in [3.63, 3.8) is 0 Å². The smallest absolute Gasteiger partial charge is 0.279 e. The zero-order chi connectivity index (χ0) is 12.1. The summed E-state index contributed by atoms with van der Waals surface area (Å²) in [6.07, 6.45) is 3.80. The minimum Gasteiger partial charge on any atom is -0.325 e. The average molecular weight is 233 g/mol. The van der Waals surface area contributed by atoms with E-state index in [1.165, 1.54) is 24.2 Å². The molecule has 0 aromatic heterocycles. The molecule has 0 saturated carbocycles. The van der Waals surface area contributed by atoms with Crippen molar-refractivity contribution in [2.45, 2.75) is 32.2 Å². The van der Waals surface area contributed by atoms with Gasteiger partial charge >= 0.3 is 0 Å². The van der Waals surface area contributed by atoms with Gasteiger partial charge in [-0.15, -0.1) is 0 Å². The fourth-order valence-electron chi connectivity index (χ4n) is 2.45. The van der Waals surface area contributed by atoms with Crippen LogP contribution < -0.4 is 10.2 Å². The molecule has 0 bridgehead atoms. The third kappa shape index (κ3) is 3.56. The molecule has 17 heavy (non-hydrogen) atoms. The molecule has 1 aliphatic heterocycles. The van der Waals surface area contributed by atoms with Crippen LogP contribution in [0.25, 0.3) is 0 Å². The summed E-state index contributed by atoms with van der Waals surface area (Å²) >= 11 is 0. The molecular formula is C14H21N2O+. The summed E-state index contributed by atoms with van der Waals surface area (Å²) in [5, 5.41) is 2.95. The first-order chi connectivity index (χ1) is 8.25. The zero-order valence-corrected chi connectivity index (χ0v) is 10.4. The standard InChI is InChI=1S/C14H20N2O/c1-12-7-5-6-10-16(12)11-14(17)15-13-8-3-2-4-9-13/h2-4,8-9,12H,5-7,10-11H2,1H3,(H,15,17)/p+1/t12-/m1/s1. The highest BCUT2D eigenvalue weighted by molar-refractivity contribution is 5.91. The molecule has 1 heterocycles. The Hall–Kier alpha value is -1.35. The summed E-state index contributed by atoms with van der Waals surface area (Å²) < 4.78 is 0. The van der Waals surface area contributed by atoms with Crippen molar-refractivity contribution in [2.75, 3.05) is 18.4 Å². The number of hydrogen-bond donors (Lipinski definition) is 2. The molecule has 1 aliphatic rings. The number of carbonyl (C=O) groups excluding carboxylic acids is 1. The molecule has 92 valence electrons. The van der Waals surface area contributed by atoms with E-state index < -0.39 is 0 Å². The quantitative estimate of drug-likeness (QED) is 0.805. The molecule has 1 aromatic carbocycles. The number of carbonyl (C=O) groups is 1. The van der Waals surface area contributed by atoms with Crippen LogP contribution >= 0.6 is 0 Å². The summed E-state index contributed by atoms with van der Waals surface area (Å²) in [6, 6.07) is 10.3. The van der Waals surface area contributed by atoms with Gasteiger partial charge in [-0.25, -0.2) is 0 Å². The fraction of sp³-hybridized carbons (Fsp3) is 0.500. The Labute approximate surface area is 103 Å². The second kappa shape index (κ2) is 5.82. The normalized spacial score (nSPS) is 24.3. The minimum atomic E-state index is 0.125. The van der Waals surface area contributed by atoms with E-state index in [0.29, 0.717) is 12.6 Å². The Bertz CT molecular complexity index is 364. The van der Waals surface area contributed by atoms with Gasteiger partial charge in [0.25, 0.3) is 5.91 Å². The predicted octanol–water partition coefficient (Wildman–Crippen LogP) is 1.08. The van der Waals surface area contributed by atoms with E-state index in [1.807, 2.05) is 30.3 Å². The second-order valence-electron chi connectivity index (χ2n) is 4.90. The minimum absolute atomic E-state index is 0.125. The summed E-state index contributed by atoms with van der Waals surface area (Å²) in [5.74, 6) is 0.125. The van der Waals surface area contributed by atoms with E-state index in [-0.39, 0.29) is 5.91 Å². The predicted molar refractivity (Wildman–Crippen MR) is 69.1 cm³/mol. The van der Waals surface area contributed by atoms with Gasteiger partial charge in [0, 0.05) is 5.69 Å². The van der Waals surface area contributed by atoms with E-state index in [9.17, 15) is 4.79 Å². The lowest BCUT2D eigenvalue weighted by Gasteiger charge is -2.29. The van der Waals surface area contributed by atoms with Crippen LogP contribution in [0.3, 0.4) is 0 Å². The number of para-hydroxylation sites is 1. The van der Waals surface area contributed by atoms with Crippen molar-refractivity contribution < 1.29 is 9.69 Å². The molecule has 0 aliphatic carbocycles. The largest absolute Gasteiger partial charge is 0.325 e. The molecule has 3 nitrogen and oxygen atoms in total. The van der Waals surface area contributed by atoms with E-state index in [0.717, 1.165) is 12.2 Å². The molecule has 2 rings (SSSR count). The maximum atomic E-state index is 11.9. The molecule has 0 radical (unpaired) electrons. The number of hydrogen-bond acceptors (Lipinski definition) is 1. The van der Waals surface area contributed by atoms with Crippen LogP contribution in [0, 0.1) is 0 Å². The van der Waals surface area contributed by atoms with Crippen LogP contribution in [0.2, 0.25) is 0 Å². The van der Waals surface area contributed by atoms with Crippen molar-refractivity contribution in [3.05, 3.63) is 30.3 Å². The van der Waals surface area contributed by atoms with Crippen LogP contribution in [-0.4, -0.2) is 25.0 Å². The third-order valence-corrected chi connectivity index (χ3v) is 3.53. The molecular weight excluding hydrogens is 212 g/mol. The third-order valence-electron chi connectivity index (χ3n) is 3.53. The number of nitrogens with one attached hydrogen (secondary N) is 2. The van der Waals surface area contributed by atoms with E-state index in [4.69, 9.17) is 0 Å². The molecule has 1 aromatic rings. The maximum absolute atomic E-state index is 11.9. The molecule has 2 N–H and O–H groups in total. The van der Waals surface area contributed by atoms with Crippen LogP contribution in [0.5, 0.6) is 0 Å². The Morgan fingerprint density at radius 3 is 2.82 bits per heavy atom. The van der Waals surface area contributed by atoms with Gasteiger partial charge in [-0.1, -0.05) is 18.2 Å². The van der Waals surface area contributed by atoms with Gasteiger partial charge < -0.3 is 10.2 Å². The average Bonchev–Trinajstić information content (AvgIpc) is 2.33. The molecule has 1 amide bonds. The fourth-order valence-corrected chi connectivity index (χ4v) is 2.45. The highest BCUT2D eigenvalue weighted by Crippen LogP contribution is 2.04. The highest BCUT2D eigenvalue weighted by atomic mass is 16.2. The molecule has 2 atom stereocenters. The van der Waals surface area contributed by atoms with Gasteiger partial charge in [-0.3, -0.25) is 4.79 Å². The van der Waals surface area contributed by atoms with Gasteiger partial charge in [-0.2, -0.15) is 0 Å². The van der Waals surface area contributed by atoms with Crippen LogP contribution in [0.1, 0.15) is 26.2 Å². The molecule has 3 heteroatoms. The van der Waals surface area contributed by atoms with E-state index in [1.54, 1.807) is 0 Å². The lowest BCUT2D eigenvalue weighted by atomic mass is 10.0. The molecule has 1 unspecified atom stereocenters. The second-order valence-corrected chi connectivity index (χ2v) is 4.90. The lowest BCUT2D eigenvalue weighted by molar-refractivity contribution is -0.920. The summed E-state index contributed by atoms with van der Waals surface area (Å²) in [6.45, 7) is 3.96. The van der Waals surface area contributed by atoms with Crippen molar-refractivity contribution in [3.8, 4) is 0 Å². The number of rotatable bonds is 3. The van der Waals surface area contributed by atoms with Crippen molar-refractivity contribution >= 4 is 11.6 Å². The first-order valence-electron chi connectivity index (χ1n) is 6.45. The zero-order valence-electron chi connectivity index (χ0n) is 10.4. The summed E-state index contributed by atoms with van der Waals surface area (Å²) in [5.41, 5.74) is 0.890. The summed E-state index contributed by atoms with van der Waals surface area (Å²) in [4.78, 5) is 13.3. The number of likely N-dealkylation sites (tertiary alicyclic amines) is 1. The monoisotopic (exact) mass is 233 g/mol. The number of benzene rings is 1. The number of piperidine rings is 1. The lowest BCUT2D eigenvalue weighted by Crippen LogP contribution is -3.17. The van der Waals surface area contributed by atoms with Crippen LogP contribution in [0.15, 0.2) is 30.3 Å². The van der Waals surface area contributed by atoms with Crippen molar-refractivity contribution in [1.29, 1.82) is 0 Å². The Morgan fingerprint density at radius 2 is 2.12 bits per heavy atom. The van der Waals surface area contributed by atoms with Gasteiger partial charge in [0.2, 0.25) is 0 Å².